The van der Waals surface area contributed by atoms with Gasteiger partial charge in [-0.2, -0.15) is 0 Å². The van der Waals surface area contributed by atoms with Gasteiger partial charge >= 0.3 is 0 Å². The summed E-state index contributed by atoms with van der Waals surface area (Å²) in [6.45, 7) is 2.04. The van der Waals surface area contributed by atoms with Gasteiger partial charge in [0.15, 0.2) is 0 Å². The maximum Gasteiger partial charge on any atom is 0.103 e. The number of rotatable bonds is 3. The minimum atomic E-state index is 0.259. The summed E-state index contributed by atoms with van der Waals surface area (Å²) >= 11 is 1.70. The Morgan fingerprint density at radius 2 is 2.42 bits per heavy atom. The molecule has 0 amide bonds. The van der Waals surface area contributed by atoms with Crippen molar-refractivity contribution in [3.63, 3.8) is 0 Å². The van der Waals surface area contributed by atoms with E-state index < -0.39 is 0 Å². The molecule has 0 saturated heterocycles. The third kappa shape index (κ3) is 1.52. The van der Waals surface area contributed by atoms with E-state index in [-0.39, 0.29) is 6.10 Å². The van der Waals surface area contributed by atoms with Crippen molar-refractivity contribution in [2.45, 2.75) is 25.9 Å². The Labute approximate surface area is 76.6 Å². The third-order valence-corrected chi connectivity index (χ3v) is 3.02. The molecule has 0 radical (unpaired) electrons. The second kappa shape index (κ2) is 3.15. The van der Waals surface area contributed by atoms with Crippen LogP contribution in [0.4, 0.5) is 0 Å². The van der Waals surface area contributed by atoms with Gasteiger partial charge in [0.25, 0.3) is 0 Å². The molecule has 66 valence electrons. The van der Waals surface area contributed by atoms with E-state index in [1.807, 2.05) is 6.92 Å². The second-order valence-electron chi connectivity index (χ2n) is 3.29. The predicted octanol–water partition coefficient (Wildman–Crippen LogP) is 2.55. The predicted molar refractivity (Wildman–Crippen MR) is 49.3 cm³/mol. The molecule has 0 aliphatic heterocycles. The highest BCUT2D eigenvalue weighted by Gasteiger charge is 2.33. The highest BCUT2D eigenvalue weighted by molar-refractivity contribution is 7.09. The Kier molecular flexibility index (Phi) is 2.15. The number of thiazole rings is 1. The first-order chi connectivity index (χ1) is 5.81. The van der Waals surface area contributed by atoms with E-state index in [1.54, 1.807) is 18.4 Å². The van der Waals surface area contributed by atoms with Gasteiger partial charge in [0.1, 0.15) is 6.10 Å². The van der Waals surface area contributed by atoms with Crippen LogP contribution >= 0.6 is 11.3 Å². The van der Waals surface area contributed by atoms with Gasteiger partial charge in [-0.25, -0.2) is 4.98 Å². The molecule has 1 unspecified atom stereocenters. The maximum atomic E-state index is 5.42. The van der Waals surface area contributed by atoms with Crippen LogP contribution in [0, 0.1) is 12.8 Å². The van der Waals surface area contributed by atoms with E-state index in [0.29, 0.717) is 0 Å². The highest BCUT2D eigenvalue weighted by atomic mass is 32.1. The highest BCUT2D eigenvalue weighted by Crippen LogP contribution is 2.42. The molecule has 1 fully saturated rings. The van der Waals surface area contributed by atoms with Crippen LogP contribution in [0.5, 0.6) is 0 Å². The number of hydrogen-bond acceptors (Lipinski definition) is 3. The fourth-order valence-electron chi connectivity index (χ4n) is 1.46. The monoisotopic (exact) mass is 183 g/mol. The molecule has 1 aromatic rings. The number of hydrogen-bond donors (Lipinski definition) is 0. The van der Waals surface area contributed by atoms with Gasteiger partial charge in [0.2, 0.25) is 0 Å². The van der Waals surface area contributed by atoms with Gasteiger partial charge in [0.05, 0.1) is 10.7 Å². The number of aryl methyl sites for hydroxylation is 1. The minimum absolute atomic E-state index is 0.259. The third-order valence-electron chi connectivity index (χ3n) is 2.23. The zero-order valence-electron chi connectivity index (χ0n) is 7.41. The SMILES string of the molecule is COC(c1csc(C)n1)C1CC1. The van der Waals surface area contributed by atoms with Gasteiger partial charge in [-0.05, 0) is 25.7 Å². The lowest BCUT2D eigenvalue weighted by Crippen LogP contribution is -2.03. The Morgan fingerprint density at radius 1 is 1.67 bits per heavy atom. The molecule has 1 aromatic heterocycles. The largest absolute Gasteiger partial charge is 0.375 e. The van der Waals surface area contributed by atoms with Crippen molar-refractivity contribution in [3.05, 3.63) is 16.1 Å². The van der Waals surface area contributed by atoms with E-state index >= 15 is 0 Å². The van der Waals surface area contributed by atoms with Crippen molar-refractivity contribution in [1.29, 1.82) is 0 Å². The summed E-state index contributed by atoms with van der Waals surface area (Å²) < 4.78 is 5.42. The Hall–Kier alpha value is -0.410. The summed E-state index contributed by atoms with van der Waals surface area (Å²) in [5.74, 6) is 0.733. The van der Waals surface area contributed by atoms with Crippen LogP contribution in [0.25, 0.3) is 0 Å². The van der Waals surface area contributed by atoms with E-state index in [1.165, 1.54) is 12.8 Å². The summed E-state index contributed by atoms with van der Waals surface area (Å²) in [7, 11) is 1.78. The summed E-state index contributed by atoms with van der Waals surface area (Å²) in [5.41, 5.74) is 1.13. The first-order valence-corrected chi connectivity index (χ1v) is 5.14. The number of nitrogens with zero attached hydrogens (tertiary/aromatic N) is 1. The van der Waals surface area contributed by atoms with Crippen molar-refractivity contribution < 1.29 is 4.74 Å². The zero-order valence-corrected chi connectivity index (χ0v) is 8.23. The minimum Gasteiger partial charge on any atom is -0.375 e. The molecule has 3 heteroatoms. The molecule has 1 atom stereocenters. The van der Waals surface area contributed by atoms with Crippen LogP contribution in [-0.4, -0.2) is 12.1 Å². The van der Waals surface area contributed by atoms with E-state index in [4.69, 9.17) is 4.74 Å². The summed E-state index contributed by atoms with van der Waals surface area (Å²) in [4.78, 5) is 4.44. The standard InChI is InChI=1S/C9H13NOS/c1-6-10-8(5-12-6)9(11-2)7-3-4-7/h5,7,9H,3-4H2,1-2H3. The molecule has 1 aliphatic rings. The maximum absolute atomic E-state index is 5.42. The van der Waals surface area contributed by atoms with Crippen molar-refractivity contribution in [1.82, 2.24) is 4.98 Å². The van der Waals surface area contributed by atoms with Crippen LogP contribution in [-0.2, 0) is 4.74 Å². The molecule has 1 saturated carbocycles. The Bertz CT molecular complexity index is 267. The van der Waals surface area contributed by atoms with Crippen molar-refractivity contribution in [2.75, 3.05) is 7.11 Å². The molecular formula is C9H13NOS. The van der Waals surface area contributed by atoms with E-state index in [0.717, 1.165) is 16.6 Å². The normalized spacial score (nSPS) is 19.5. The number of ether oxygens (including phenoxy) is 1. The van der Waals surface area contributed by atoms with Gasteiger partial charge in [-0.15, -0.1) is 11.3 Å². The zero-order chi connectivity index (χ0) is 8.55. The lowest BCUT2D eigenvalue weighted by atomic mass is 10.2. The van der Waals surface area contributed by atoms with Crippen LogP contribution in [0.1, 0.15) is 29.6 Å². The first kappa shape index (κ1) is 8.20. The number of methoxy groups -OCH3 is 1. The van der Waals surface area contributed by atoms with Crippen LogP contribution in [0.2, 0.25) is 0 Å². The average molecular weight is 183 g/mol. The molecule has 12 heavy (non-hydrogen) atoms. The molecule has 0 spiro atoms. The summed E-state index contributed by atoms with van der Waals surface area (Å²) in [6, 6.07) is 0. The van der Waals surface area contributed by atoms with Crippen LogP contribution < -0.4 is 0 Å². The van der Waals surface area contributed by atoms with Crippen LogP contribution in [0.3, 0.4) is 0 Å². The van der Waals surface area contributed by atoms with Crippen molar-refractivity contribution in [3.8, 4) is 0 Å². The molecule has 1 heterocycles. The second-order valence-corrected chi connectivity index (χ2v) is 4.35. The molecule has 0 N–H and O–H groups in total. The average Bonchev–Trinajstić information content (AvgIpc) is 2.78. The van der Waals surface area contributed by atoms with Crippen molar-refractivity contribution >= 4 is 11.3 Å². The van der Waals surface area contributed by atoms with E-state index in [9.17, 15) is 0 Å². The fourth-order valence-corrected chi connectivity index (χ4v) is 2.10. The summed E-state index contributed by atoms with van der Waals surface area (Å²) in [5, 5.41) is 3.25. The lowest BCUT2D eigenvalue weighted by molar-refractivity contribution is 0.0815. The Morgan fingerprint density at radius 3 is 2.83 bits per heavy atom. The lowest BCUT2D eigenvalue weighted by Gasteiger charge is -2.10. The molecule has 0 bridgehead atoms. The molecule has 1 aliphatic carbocycles. The van der Waals surface area contributed by atoms with Crippen LogP contribution in [0.15, 0.2) is 5.38 Å². The number of aromatic nitrogens is 1. The molecule has 2 rings (SSSR count). The van der Waals surface area contributed by atoms with Gasteiger partial charge < -0.3 is 4.74 Å². The Balaban J connectivity index is 2.15. The smallest absolute Gasteiger partial charge is 0.103 e. The topological polar surface area (TPSA) is 22.1 Å². The quantitative estimate of drug-likeness (QED) is 0.718. The molecule has 2 nitrogen and oxygen atoms in total. The van der Waals surface area contributed by atoms with Gasteiger partial charge in [-0.3, -0.25) is 0 Å². The van der Waals surface area contributed by atoms with Gasteiger partial charge in [-0.1, -0.05) is 0 Å². The molecular weight excluding hydrogens is 170 g/mol. The van der Waals surface area contributed by atoms with E-state index in [2.05, 4.69) is 10.4 Å². The van der Waals surface area contributed by atoms with Gasteiger partial charge in [0, 0.05) is 12.5 Å². The van der Waals surface area contributed by atoms with Crippen molar-refractivity contribution in [2.24, 2.45) is 5.92 Å². The fraction of sp³-hybridized carbons (Fsp3) is 0.667. The summed E-state index contributed by atoms with van der Waals surface area (Å²) in [6.07, 6.45) is 2.86. The first-order valence-electron chi connectivity index (χ1n) is 4.26. The molecule has 0 aromatic carbocycles.